The zero-order valence-corrected chi connectivity index (χ0v) is 11.4. The average molecular weight is 263 g/mol. The lowest BCUT2D eigenvalue weighted by Gasteiger charge is -2.07. The number of oxime groups is 1. The number of hydrogen-bond donors (Lipinski definition) is 3. The average Bonchev–Trinajstić information content (AvgIpc) is 2.36. The Balaban J connectivity index is 2.35. The topological polar surface area (TPSA) is 87.7 Å². The number of unbranched alkanes of at least 4 members (excludes halogenated alkanes) is 1. The first-order valence-corrected chi connectivity index (χ1v) is 6.36. The number of amides is 1. The molecular formula is C14H21N3O2. The van der Waals surface area contributed by atoms with E-state index in [1.807, 2.05) is 32.0 Å². The van der Waals surface area contributed by atoms with Crippen LogP contribution in [0.25, 0.3) is 0 Å². The van der Waals surface area contributed by atoms with Crippen molar-refractivity contribution in [2.45, 2.75) is 33.1 Å². The van der Waals surface area contributed by atoms with E-state index in [9.17, 15) is 4.79 Å². The van der Waals surface area contributed by atoms with E-state index in [2.05, 4.69) is 10.5 Å². The number of amidine groups is 1. The van der Waals surface area contributed by atoms with Gasteiger partial charge in [0, 0.05) is 18.5 Å². The van der Waals surface area contributed by atoms with Crippen LogP contribution in [0.3, 0.4) is 0 Å². The highest BCUT2D eigenvalue weighted by molar-refractivity contribution is 5.94. The quantitative estimate of drug-likeness (QED) is 0.241. The Labute approximate surface area is 113 Å². The molecule has 5 heteroatoms. The maximum absolute atomic E-state index is 11.9. The lowest BCUT2D eigenvalue weighted by atomic mass is 10.1. The van der Waals surface area contributed by atoms with E-state index in [-0.39, 0.29) is 11.7 Å². The second-order valence-electron chi connectivity index (χ2n) is 4.68. The third kappa shape index (κ3) is 5.42. The molecule has 0 saturated carbocycles. The minimum absolute atomic E-state index is 0.0596. The minimum Gasteiger partial charge on any atom is -0.409 e. The molecule has 4 N–H and O–H groups in total. The number of hydrogen-bond acceptors (Lipinski definition) is 3. The van der Waals surface area contributed by atoms with Gasteiger partial charge < -0.3 is 16.3 Å². The first-order valence-electron chi connectivity index (χ1n) is 6.36. The second-order valence-corrected chi connectivity index (χ2v) is 4.68. The van der Waals surface area contributed by atoms with Crippen LogP contribution in [-0.2, 0) is 0 Å². The molecule has 0 aromatic heterocycles. The van der Waals surface area contributed by atoms with Gasteiger partial charge in [0.05, 0.1) is 0 Å². The van der Waals surface area contributed by atoms with Gasteiger partial charge >= 0.3 is 0 Å². The Morgan fingerprint density at radius 1 is 1.26 bits per heavy atom. The van der Waals surface area contributed by atoms with Crippen LogP contribution < -0.4 is 11.1 Å². The van der Waals surface area contributed by atoms with Gasteiger partial charge in [0.2, 0.25) is 0 Å². The summed E-state index contributed by atoms with van der Waals surface area (Å²) in [6.45, 7) is 4.53. The first kappa shape index (κ1) is 15.0. The predicted octanol–water partition coefficient (Wildman–Crippen LogP) is 1.95. The van der Waals surface area contributed by atoms with Crippen LogP contribution in [0.1, 0.15) is 40.7 Å². The largest absolute Gasteiger partial charge is 0.409 e. The van der Waals surface area contributed by atoms with Crippen LogP contribution in [0.5, 0.6) is 0 Å². The van der Waals surface area contributed by atoms with Gasteiger partial charge in [-0.15, -0.1) is 0 Å². The summed E-state index contributed by atoms with van der Waals surface area (Å²) in [4.78, 5) is 11.9. The zero-order valence-electron chi connectivity index (χ0n) is 11.4. The molecule has 0 aliphatic heterocycles. The molecule has 0 atom stereocenters. The van der Waals surface area contributed by atoms with Gasteiger partial charge in [-0.2, -0.15) is 0 Å². The van der Waals surface area contributed by atoms with E-state index in [0.29, 0.717) is 18.5 Å². The highest BCUT2D eigenvalue weighted by atomic mass is 16.4. The number of aryl methyl sites for hydroxylation is 2. The molecule has 104 valence electrons. The summed E-state index contributed by atoms with van der Waals surface area (Å²) in [6.07, 6.45) is 2.12. The molecule has 0 unspecified atom stereocenters. The van der Waals surface area contributed by atoms with Gasteiger partial charge in [-0.3, -0.25) is 4.79 Å². The van der Waals surface area contributed by atoms with Crippen LogP contribution in [0.15, 0.2) is 23.4 Å². The van der Waals surface area contributed by atoms with Crippen molar-refractivity contribution < 1.29 is 10.0 Å². The smallest absolute Gasteiger partial charge is 0.251 e. The number of nitrogens with two attached hydrogens (primary N) is 1. The van der Waals surface area contributed by atoms with Gasteiger partial charge in [-0.1, -0.05) is 22.3 Å². The van der Waals surface area contributed by atoms with Crippen molar-refractivity contribution in [3.63, 3.8) is 0 Å². The van der Waals surface area contributed by atoms with Gasteiger partial charge in [-0.05, 0) is 38.8 Å². The molecule has 0 heterocycles. The van der Waals surface area contributed by atoms with Crippen molar-refractivity contribution in [3.05, 3.63) is 34.9 Å². The Kier molecular flexibility index (Phi) is 5.85. The van der Waals surface area contributed by atoms with Crippen LogP contribution in [0.4, 0.5) is 0 Å². The maximum atomic E-state index is 11.9. The lowest BCUT2D eigenvalue weighted by molar-refractivity contribution is 0.0953. The summed E-state index contributed by atoms with van der Waals surface area (Å²) in [5, 5.41) is 14.1. The van der Waals surface area contributed by atoms with Gasteiger partial charge in [0.1, 0.15) is 5.84 Å². The summed E-state index contributed by atoms with van der Waals surface area (Å²) < 4.78 is 0. The fourth-order valence-electron chi connectivity index (χ4n) is 1.89. The predicted molar refractivity (Wildman–Crippen MR) is 75.5 cm³/mol. The van der Waals surface area contributed by atoms with Gasteiger partial charge in [0.25, 0.3) is 5.91 Å². The highest BCUT2D eigenvalue weighted by Crippen LogP contribution is 2.08. The maximum Gasteiger partial charge on any atom is 0.251 e. The van der Waals surface area contributed by atoms with E-state index >= 15 is 0 Å². The Hall–Kier alpha value is -2.04. The third-order valence-corrected chi connectivity index (χ3v) is 2.76. The Morgan fingerprint density at radius 2 is 1.89 bits per heavy atom. The number of benzene rings is 1. The number of nitrogens with zero attached hydrogens (tertiary/aromatic N) is 1. The van der Waals surface area contributed by atoms with E-state index < -0.39 is 0 Å². The SMILES string of the molecule is Cc1cc(C)cc(C(=O)NCCCCC(N)=NO)c1. The van der Waals surface area contributed by atoms with E-state index in [0.717, 1.165) is 24.0 Å². The summed E-state index contributed by atoms with van der Waals surface area (Å²) >= 11 is 0. The Bertz CT molecular complexity index is 450. The van der Waals surface area contributed by atoms with Crippen LogP contribution in [0.2, 0.25) is 0 Å². The third-order valence-electron chi connectivity index (χ3n) is 2.76. The van der Waals surface area contributed by atoms with Crippen molar-refractivity contribution in [1.29, 1.82) is 0 Å². The van der Waals surface area contributed by atoms with Crippen molar-refractivity contribution >= 4 is 11.7 Å². The summed E-state index contributed by atoms with van der Waals surface area (Å²) in [5.41, 5.74) is 8.20. The summed E-state index contributed by atoms with van der Waals surface area (Å²) in [5.74, 6) is 0.163. The molecule has 0 spiro atoms. The number of rotatable bonds is 6. The summed E-state index contributed by atoms with van der Waals surface area (Å²) in [7, 11) is 0. The van der Waals surface area contributed by atoms with Gasteiger partial charge in [-0.25, -0.2) is 0 Å². The molecule has 19 heavy (non-hydrogen) atoms. The van der Waals surface area contributed by atoms with Crippen LogP contribution in [0, 0.1) is 13.8 Å². The van der Waals surface area contributed by atoms with Crippen molar-refractivity contribution in [1.82, 2.24) is 5.32 Å². The summed E-state index contributed by atoms with van der Waals surface area (Å²) in [6, 6.07) is 5.78. The molecule has 0 saturated heterocycles. The fraction of sp³-hybridized carbons (Fsp3) is 0.429. The molecule has 1 rings (SSSR count). The fourth-order valence-corrected chi connectivity index (χ4v) is 1.89. The zero-order chi connectivity index (χ0) is 14.3. The molecular weight excluding hydrogens is 242 g/mol. The molecule has 1 amide bonds. The van der Waals surface area contributed by atoms with Crippen molar-refractivity contribution in [3.8, 4) is 0 Å². The molecule has 5 nitrogen and oxygen atoms in total. The molecule has 1 aromatic rings. The number of carbonyl (C=O) groups excluding carboxylic acids is 1. The second kappa shape index (κ2) is 7.41. The minimum atomic E-state index is -0.0596. The monoisotopic (exact) mass is 263 g/mol. The van der Waals surface area contributed by atoms with Crippen LogP contribution >= 0.6 is 0 Å². The van der Waals surface area contributed by atoms with Crippen molar-refractivity contribution in [2.75, 3.05) is 6.54 Å². The highest BCUT2D eigenvalue weighted by Gasteiger charge is 2.05. The molecule has 0 bridgehead atoms. The molecule has 1 aromatic carbocycles. The normalized spacial score (nSPS) is 11.4. The number of nitrogens with one attached hydrogen (secondary N) is 1. The number of carbonyl (C=O) groups is 1. The standard InChI is InChI=1S/C14H21N3O2/c1-10-7-11(2)9-12(8-10)14(18)16-6-4-3-5-13(15)17-19/h7-9,19H,3-6H2,1-2H3,(H2,15,17)(H,16,18). The molecule has 0 radical (unpaired) electrons. The van der Waals surface area contributed by atoms with E-state index in [4.69, 9.17) is 10.9 Å². The van der Waals surface area contributed by atoms with Crippen molar-refractivity contribution in [2.24, 2.45) is 10.9 Å². The van der Waals surface area contributed by atoms with E-state index in [1.165, 1.54) is 0 Å². The van der Waals surface area contributed by atoms with E-state index in [1.54, 1.807) is 0 Å². The Morgan fingerprint density at radius 3 is 2.47 bits per heavy atom. The molecule has 0 aliphatic rings. The van der Waals surface area contributed by atoms with Crippen LogP contribution in [-0.4, -0.2) is 23.5 Å². The molecule has 0 fully saturated rings. The first-order chi connectivity index (χ1) is 9.02. The van der Waals surface area contributed by atoms with Gasteiger partial charge in [0.15, 0.2) is 0 Å². The molecule has 0 aliphatic carbocycles. The lowest BCUT2D eigenvalue weighted by Crippen LogP contribution is -2.24.